The molecule has 112 valence electrons. The van der Waals surface area contributed by atoms with Gasteiger partial charge in [-0.25, -0.2) is 13.2 Å². The van der Waals surface area contributed by atoms with Crippen LogP contribution in [0, 0.1) is 17.5 Å². The molecule has 0 saturated carbocycles. The standard InChI is InChI=1S/C15H12Cl2F3N/c1-2-21-15(8-4-3-5-10(16)12(8)17)9-6-7-11(18)14(20)13(9)19/h3-7,15,21H,2H2,1H3. The van der Waals surface area contributed by atoms with Crippen molar-refractivity contribution < 1.29 is 13.2 Å². The van der Waals surface area contributed by atoms with Crippen LogP contribution in [-0.2, 0) is 0 Å². The minimum absolute atomic E-state index is 0.0279. The molecule has 0 spiro atoms. The first-order valence-electron chi connectivity index (χ1n) is 6.28. The van der Waals surface area contributed by atoms with Gasteiger partial charge in [-0.15, -0.1) is 0 Å². The van der Waals surface area contributed by atoms with Crippen molar-refractivity contribution in [3.05, 3.63) is 69.0 Å². The summed E-state index contributed by atoms with van der Waals surface area (Å²) in [4.78, 5) is 0. The Balaban J connectivity index is 2.59. The van der Waals surface area contributed by atoms with E-state index in [1.807, 2.05) is 6.92 Å². The first-order valence-corrected chi connectivity index (χ1v) is 7.03. The van der Waals surface area contributed by atoms with Gasteiger partial charge in [0.1, 0.15) is 0 Å². The fourth-order valence-electron chi connectivity index (χ4n) is 2.10. The summed E-state index contributed by atoms with van der Waals surface area (Å²) in [6.07, 6.45) is 0. The van der Waals surface area contributed by atoms with Crippen LogP contribution in [0.15, 0.2) is 30.3 Å². The number of rotatable bonds is 4. The lowest BCUT2D eigenvalue weighted by Gasteiger charge is -2.21. The molecule has 1 atom stereocenters. The predicted molar refractivity (Wildman–Crippen MR) is 78.3 cm³/mol. The van der Waals surface area contributed by atoms with Gasteiger partial charge < -0.3 is 5.32 Å². The van der Waals surface area contributed by atoms with Gasteiger partial charge in [0, 0.05) is 5.56 Å². The van der Waals surface area contributed by atoms with E-state index in [0.29, 0.717) is 17.1 Å². The van der Waals surface area contributed by atoms with Crippen molar-refractivity contribution in [3.8, 4) is 0 Å². The molecule has 0 radical (unpaired) electrons. The maximum Gasteiger partial charge on any atom is 0.194 e. The van der Waals surface area contributed by atoms with Crippen LogP contribution in [0.25, 0.3) is 0 Å². The Kier molecular flexibility index (Phi) is 5.14. The quantitative estimate of drug-likeness (QED) is 0.766. The van der Waals surface area contributed by atoms with E-state index in [2.05, 4.69) is 5.32 Å². The summed E-state index contributed by atoms with van der Waals surface area (Å²) in [5.41, 5.74) is 0.468. The lowest BCUT2D eigenvalue weighted by molar-refractivity contribution is 0.433. The van der Waals surface area contributed by atoms with Crippen LogP contribution in [0.3, 0.4) is 0 Å². The Hall–Kier alpha value is -1.23. The lowest BCUT2D eigenvalue weighted by Crippen LogP contribution is -2.24. The van der Waals surface area contributed by atoms with Crippen LogP contribution in [0.1, 0.15) is 24.1 Å². The van der Waals surface area contributed by atoms with Gasteiger partial charge in [0.05, 0.1) is 16.1 Å². The van der Waals surface area contributed by atoms with E-state index in [4.69, 9.17) is 23.2 Å². The topological polar surface area (TPSA) is 12.0 Å². The Morgan fingerprint density at radius 2 is 1.71 bits per heavy atom. The molecular weight excluding hydrogens is 322 g/mol. The van der Waals surface area contributed by atoms with E-state index in [9.17, 15) is 13.2 Å². The average molecular weight is 334 g/mol. The molecule has 0 aromatic heterocycles. The van der Waals surface area contributed by atoms with Crippen LogP contribution in [-0.4, -0.2) is 6.54 Å². The SMILES string of the molecule is CCNC(c1ccc(F)c(F)c1F)c1cccc(Cl)c1Cl. The van der Waals surface area contributed by atoms with Gasteiger partial charge in [-0.05, 0) is 24.2 Å². The van der Waals surface area contributed by atoms with Crippen molar-refractivity contribution in [1.82, 2.24) is 5.32 Å². The molecule has 0 saturated heterocycles. The summed E-state index contributed by atoms with van der Waals surface area (Å²) in [5, 5.41) is 3.55. The highest BCUT2D eigenvalue weighted by Crippen LogP contribution is 2.34. The number of hydrogen-bond donors (Lipinski definition) is 1. The first kappa shape index (κ1) is 16.1. The van der Waals surface area contributed by atoms with Crippen LogP contribution in [0.5, 0.6) is 0 Å². The Morgan fingerprint density at radius 1 is 1.00 bits per heavy atom. The number of hydrogen-bond acceptors (Lipinski definition) is 1. The Morgan fingerprint density at radius 3 is 2.38 bits per heavy atom. The van der Waals surface area contributed by atoms with Crippen molar-refractivity contribution in [2.45, 2.75) is 13.0 Å². The zero-order valence-corrected chi connectivity index (χ0v) is 12.6. The number of halogens is 5. The molecule has 1 nitrogen and oxygen atoms in total. The normalized spacial score (nSPS) is 12.5. The lowest BCUT2D eigenvalue weighted by atomic mass is 9.97. The Bertz CT molecular complexity index is 662. The van der Waals surface area contributed by atoms with Crippen LogP contribution in [0.4, 0.5) is 13.2 Å². The summed E-state index contributed by atoms with van der Waals surface area (Å²) in [5.74, 6) is -3.98. The van der Waals surface area contributed by atoms with E-state index >= 15 is 0 Å². The minimum atomic E-state index is -1.51. The van der Waals surface area contributed by atoms with Gasteiger partial charge in [-0.1, -0.05) is 48.3 Å². The fourth-order valence-corrected chi connectivity index (χ4v) is 2.52. The third kappa shape index (κ3) is 3.18. The maximum atomic E-state index is 14.0. The third-order valence-corrected chi connectivity index (χ3v) is 3.91. The van der Waals surface area contributed by atoms with Gasteiger partial charge in [0.2, 0.25) is 0 Å². The molecule has 21 heavy (non-hydrogen) atoms. The second-order valence-electron chi connectivity index (χ2n) is 4.40. The second kappa shape index (κ2) is 6.69. The summed E-state index contributed by atoms with van der Waals surface area (Å²) in [6.45, 7) is 2.29. The first-order chi connectivity index (χ1) is 9.97. The van der Waals surface area contributed by atoms with Crippen LogP contribution < -0.4 is 5.32 Å². The molecule has 0 amide bonds. The summed E-state index contributed by atoms with van der Waals surface area (Å²) >= 11 is 12.1. The summed E-state index contributed by atoms with van der Waals surface area (Å²) < 4.78 is 40.5. The smallest absolute Gasteiger partial charge is 0.194 e. The van der Waals surface area contributed by atoms with Gasteiger partial charge in [0.25, 0.3) is 0 Å². The van der Waals surface area contributed by atoms with Gasteiger partial charge >= 0.3 is 0 Å². The zero-order chi connectivity index (χ0) is 15.6. The van der Waals surface area contributed by atoms with Gasteiger partial charge in [0.15, 0.2) is 17.5 Å². The number of benzene rings is 2. The molecule has 0 aliphatic heterocycles. The molecule has 6 heteroatoms. The molecule has 0 aliphatic carbocycles. The molecule has 1 unspecified atom stereocenters. The van der Waals surface area contributed by atoms with E-state index in [1.54, 1.807) is 18.2 Å². The predicted octanol–water partition coefficient (Wildman–Crippen LogP) is 5.11. The van der Waals surface area contributed by atoms with Crippen LogP contribution in [0.2, 0.25) is 10.0 Å². The average Bonchev–Trinajstić information content (AvgIpc) is 2.46. The van der Waals surface area contributed by atoms with E-state index in [-0.39, 0.29) is 10.6 Å². The molecule has 0 heterocycles. The molecule has 0 aliphatic rings. The minimum Gasteiger partial charge on any atom is -0.306 e. The number of nitrogens with one attached hydrogen (secondary N) is 1. The van der Waals surface area contributed by atoms with Crippen molar-refractivity contribution in [2.24, 2.45) is 0 Å². The summed E-state index contributed by atoms with van der Waals surface area (Å²) in [6, 6.07) is 6.26. The van der Waals surface area contributed by atoms with Gasteiger partial charge in [-0.2, -0.15) is 0 Å². The molecule has 0 fully saturated rings. The largest absolute Gasteiger partial charge is 0.306 e. The summed E-state index contributed by atoms with van der Waals surface area (Å²) in [7, 11) is 0. The van der Waals surface area contributed by atoms with Gasteiger partial charge in [-0.3, -0.25) is 0 Å². The van der Waals surface area contributed by atoms with Crippen LogP contribution >= 0.6 is 23.2 Å². The Labute approximate surface area is 130 Å². The van der Waals surface area contributed by atoms with Crippen molar-refractivity contribution in [1.29, 1.82) is 0 Å². The van der Waals surface area contributed by atoms with E-state index in [0.717, 1.165) is 6.07 Å². The van der Waals surface area contributed by atoms with E-state index < -0.39 is 23.5 Å². The second-order valence-corrected chi connectivity index (χ2v) is 5.18. The zero-order valence-electron chi connectivity index (χ0n) is 11.1. The maximum absolute atomic E-state index is 14.0. The van der Waals surface area contributed by atoms with Crippen molar-refractivity contribution in [2.75, 3.05) is 6.54 Å². The highest BCUT2D eigenvalue weighted by molar-refractivity contribution is 6.42. The van der Waals surface area contributed by atoms with Crippen molar-refractivity contribution >= 4 is 23.2 Å². The monoisotopic (exact) mass is 333 g/mol. The highest BCUT2D eigenvalue weighted by Gasteiger charge is 2.24. The van der Waals surface area contributed by atoms with Crippen molar-refractivity contribution in [3.63, 3.8) is 0 Å². The fraction of sp³-hybridized carbons (Fsp3) is 0.200. The molecule has 2 aromatic carbocycles. The highest BCUT2D eigenvalue weighted by atomic mass is 35.5. The molecule has 2 rings (SSSR count). The molecule has 2 aromatic rings. The molecular formula is C15H12Cl2F3N. The molecule has 0 bridgehead atoms. The third-order valence-electron chi connectivity index (χ3n) is 3.08. The van der Waals surface area contributed by atoms with E-state index in [1.165, 1.54) is 6.07 Å². The molecule has 1 N–H and O–H groups in total.